The summed E-state index contributed by atoms with van der Waals surface area (Å²) in [5, 5.41) is 0.695. The van der Waals surface area contributed by atoms with Crippen molar-refractivity contribution in [2.24, 2.45) is 5.73 Å². The fourth-order valence-electron chi connectivity index (χ4n) is 3.17. The van der Waals surface area contributed by atoms with Gasteiger partial charge in [-0.25, -0.2) is 0 Å². The second-order valence-corrected chi connectivity index (χ2v) is 6.99. The third kappa shape index (κ3) is 3.41. The molecule has 0 atom stereocenters. The highest BCUT2D eigenvalue weighted by Crippen LogP contribution is 2.48. The summed E-state index contributed by atoms with van der Waals surface area (Å²) in [5.74, 6) is 0.189. The molecule has 9 heteroatoms. The van der Waals surface area contributed by atoms with E-state index in [9.17, 15) is 4.79 Å². The predicted octanol–water partition coefficient (Wildman–Crippen LogP) is 1.02. The third-order valence-electron chi connectivity index (χ3n) is 3.97. The van der Waals surface area contributed by atoms with Crippen LogP contribution in [0.25, 0.3) is 0 Å². The first kappa shape index (κ1) is 17.2. The van der Waals surface area contributed by atoms with Crippen LogP contribution in [0.5, 0.6) is 0 Å². The van der Waals surface area contributed by atoms with Gasteiger partial charge in [-0.3, -0.25) is 13.9 Å². The van der Waals surface area contributed by atoms with E-state index in [1.54, 1.807) is 4.90 Å². The Bertz CT molecular complexity index is 692. The maximum absolute atomic E-state index is 12.4. The van der Waals surface area contributed by atoms with Crippen LogP contribution in [-0.2, 0) is 27.2 Å². The van der Waals surface area contributed by atoms with E-state index in [2.05, 4.69) is 0 Å². The van der Waals surface area contributed by atoms with E-state index in [0.717, 1.165) is 18.4 Å². The normalized spacial score (nSPS) is 26.9. The molecule has 4 N–H and O–H groups in total. The van der Waals surface area contributed by atoms with Crippen molar-refractivity contribution in [1.82, 2.24) is 4.90 Å². The van der Waals surface area contributed by atoms with Crippen molar-refractivity contribution in [3.63, 3.8) is 0 Å². The van der Waals surface area contributed by atoms with Crippen LogP contribution in [0.3, 0.4) is 0 Å². The van der Waals surface area contributed by atoms with E-state index in [1.165, 1.54) is 5.56 Å². The van der Waals surface area contributed by atoms with Crippen LogP contribution in [0, 0.1) is 0 Å². The summed E-state index contributed by atoms with van der Waals surface area (Å²) in [5.41, 5.74) is 7.78. The van der Waals surface area contributed by atoms with Gasteiger partial charge in [0.05, 0.1) is 5.41 Å². The van der Waals surface area contributed by atoms with E-state index in [0.29, 0.717) is 11.6 Å². The van der Waals surface area contributed by atoms with E-state index >= 15 is 0 Å². The molecule has 1 heterocycles. The molecule has 1 saturated carbocycles. The molecule has 0 unspecified atom stereocenters. The van der Waals surface area contributed by atoms with Crippen molar-refractivity contribution < 1.29 is 22.3 Å². The number of carbonyl (C=O) groups excluding carboxylic acids is 1. The van der Waals surface area contributed by atoms with Gasteiger partial charge in [0.15, 0.2) is 0 Å². The third-order valence-corrected chi connectivity index (χ3v) is 4.21. The van der Waals surface area contributed by atoms with E-state index in [-0.39, 0.29) is 11.9 Å². The van der Waals surface area contributed by atoms with Gasteiger partial charge in [-0.05, 0) is 36.1 Å². The number of rotatable bonds is 0. The standard InChI is InChI=1S/C13H15ClN2O.H2O4S/c1-16-7-8-2-3-9(14)4-11(8)13(12(16)17)5-10(15)6-13;1-5(2,3)4/h2-4,10H,5-7,15H2,1H3;(H2,1,2,3,4). The summed E-state index contributed by atoms with van der Waals surface area (Å²) >= 11 is 6.05. The summed E-state index contributed by atoms with van der Waals surface area (Å²) in [4.78, 5) is 14.2. The summed E-state index contributed by atoms with van der Waals surface area (Å²) in [7, 11) is -2.81. The van der Waals surface area contributed by atoms with Crippen molar-refractivity contribution in [2.75, 3.05) is 7.05 Å². The molecule has 7 nitrogen and oxygen atoms in total. The Morgan fingerprint density at radius 3 is 2.41 bits per heavy atom. The summed E-state index contributed by atoms with van der Waals surface area (Å²) in [6.07, 6.45) is 1.48. The van der Waals surface area contributed by atoms with Crippen LogP contribution >= 0.6 is 11.6 Å². The monoisotopic (exact) mass is 348 g/mol. The zero-order valence-corrected chi connectivity index (χ0v) is 13.4. The van der Waals surface area contributed by atoms with E-state index < -0.39 is 15.8 Å². The average Bonchev–Trinajstić information content (AvgIpc) is 2.32. The molecule has 0 saturated heterocycles. The Morgan fingerprint density at radius 1 is 1.36 bits per heavy atom. The van der Waals surface area contributed by atoms with Gasteiger partial charge in [0.1, 0.15) is 0 Å². The first-order chi connectivity index (χ1) is 10.0. The summed E-state index contributed by atoms with van der Waals surface area (Å²) in [6, 6.07) is 5.98. The Hall–Kier alpha value is -1.19. The highest BCUT2D eigenvalue weighted by molar-refractivity contribution is 7.79. The molecule has 1 spiro atoms. The molecule has 3 rings (SSSR count). The highest BCUT2D eigenvalue weighted by Gasteiger charge is 2.54. The maximum Gasteiger partial charge on any atom is 0.394 e. The van der Waals surface area contributed by atoms with Crippen molar-refractivity contribution in [2.45, 2.75) is 30.8 Å². The van der Waals surface area contributed by atoms with Gasteiger partial charge in [-0.1, -0.05) is 17.7 Å². The second-order valence-electron chi connectivity index (χ2n) is 5.66. The molecule has 122 valence electrons. The van der Waals surface area contributed by atoms with Gasteiger partial charge in [0.25, 0.3) is 0 Å². The lowest BCUT2D eigenvalue weighted by Crippen LogP contribution is -2.60. The molecule has 1 aliphatic heterocycles. The number of likely N-dealkylation sites (N-methyl/N-ethyl adjacent to an activating group) is 1. The molecule has 1 fully saturated rings. The molecule has 2 aliphatic rings. The van der Waals surface area contributed by atoms with Crippen LogP contribution in [0.4, 0.5) is 0 Å². The van der Waals surface area contributed by atoms with Crippen LogP contribution in [0.15, 0.2) is 18.2 Å². The van der Waals surface area contributed by atoms with Gasteiger partial charge in [0, 0.05) is 24.7 Å². The first-order valence-corrected chi connectivity index (χ1v) is 8.30. The number of amides is 1. The largest absolute Gasteiger partial charge is 0.394 e. The first-order valence-electron chi connectivity index (χ1n) is 6.53. The Morgan fingerprint density at radius 2 is 1.91 bits per heavy atom. The molecule has 1 aliphatic carbocycles. The van der Waals surface area contributed by atoms with Crippen LogP contribution in [-0.4, -0.2) is 41.4 Å². The molecule has 0 aromatic heterocycles. The fourth-order valence-corrected chi connectivity index (χ4v) is 3.34. The molecule has 1 aromatic rings. The lowest BCUT2D eigenvalue weighted by atomic mass is 9.59. The number of hydrogen-bond acceptors (Lipinski definition) is 4. The SMILES string of the molecule is CN1Cc2ccc(Cl)cc2C2(CC(N)C2)C1=O.O=S(=O)(O)O. The van der Waals surface area contributed by atoms with Crippen molar-refractivity contribution >= 4 is 27.9 Å². The quantitative estimate of drug-likeness (QED) is 0.602. The van der Waals surface area contributed by atoms with Crippen molar-refractivity contribution in [3.8, 4) is 0 Å². The van der Waals surface area contributed by atoms with Gasteiger partial charge in [-0.15, -0.1) is 0 Å². The Kier molecular flexibility index (Phi) is 4.51. The van der Waals surface area contributed by atoms with Crippen molar-refractivity contribution in [3.05, 3.63) is 34.3 Å². The lowest BCUT2D eigenvalue weighted by molar-refractivity contribution is -0.142. The maximum atomic E-state index is 12.4. The molecule has 1 aromatic carbocycles. The van der Waals surface area contributed by atoms with Crippen molar-refractivity contribution in [1.29, 1.82) is 0 Å². The number of carbonyl (C=O) groups is 1. The number of benzene rings is 1. The molecule has 0 bridgehead atoms. The number of fused-ring (bicyclic) bond motifs is 2. The number of nitrogens with zero attached hydrogens (tertiary/aromatic N) is 1. The van der Waals surface area contributed by atoms with E-state index in [4.69, 9.17) is 34.9 Å². The zero-order chi connectivity index (χ0) is 16.7. The predicted molar refractivity (Wildman–Crippen MR) is 81.0 cm³/mol. The minimum atomic E-state index is -4.67. The van der Waals surface area contributed by atoms with E-state index in [1.807, 2.05) is 25.2 Å². The van der Waals surface area contributed by atoms with Gasteiger partial charge < -0.3 is 10.6 Å². The number of halogens is 1. The van der Waals surface area contributed by atoms with Gasteiger partial charge in [-0.2, -0.15) is 8.42 Å². The zero-order valence-electron chi connectivity index (χ0n) is 11.9. The van der Waals surface area contributed by atoms with Gasteiger partial charge >= 0.3 is 10.4 Å². The smallest absolute Gasteiger partial charge is 0.341 e. The van der Waals surface area contributed by atoms with Gasteiger partial charge in [0.2, 0.25) is 5.91 Å². The Labute approximate surface area is 133 Å². The summed E-state index contributed by atoms with van der Waals surface area (Å²) < 4.78 is 31.6. The number of hydrogen-bond donors (Lipinski definition) is 3. The summed E-state index contributed by atoms with van der Waals surface area (Å²) in [6.45, 7) is 0.669. The van der Waals surface area contributed by atoms with Crippen LogP contribution in [0.2, 0.25) is 5.02 Å². The Balaban J connectivity index is 0.000000309. The molecule has 0 radical (unpaired) electrons. The molecular weight excluding hydrogens is 332 g/mol. The van der Waals surface area contributed by atoms with Crippen LogP contribution in [0.1, 0.15) is 24.0 Å². The molecular formula is C13H17ClN2O5S. The minimum absolute atomic E-state index is 0.136. The number of nitrogens with two attached hydrogens (primary N) is 1. The minimum Gasteiger partial charge on any atom is -0.341 e. The second kappa shape index (κ2) is 5.78. The average molecular weight is 349 g/mol. The molecule has 22 heavy (non-hydrogen) atoms. The molecule has 1 amide bonds. The van der Waals surface area contributed by atoms with Crippen LogP contribution < -0.4 is 5.73 Å². The topological polar surface area (TPSA) is 121 Å². The highest BCUT2D eigenvalue weighted by atomic mass is 35.5. The lowest BCUT2D eigenvalue weighted by Gasteiger charge is -2.50. The fraction of sp³-hybridized carbons (Fsp3) is 0.462.